The first-order chi connectivity index (χ1) is 16.4. The van der Waals surface area contributed by atoms with Crippen molar-refractivity contribution in [2.75, 3.05) is 25.0 Å². The summed E-state index contributed by atoms with van der Waals surface area (Å²) in [4.78, 5) is 30.0. The van der Waals surface area contributed by atoms with E-state index in [-0.39, 0.29) is 24.3 Å². The zero-order valence-corrected chi connectivity index (χ0v) is 19.9. The number of nitrogens with zero attached hydrogens (tertiary/aromatic N) is 3. The lowest BCUT2D eigenvalue weighted by Gasteiger charge is -2.38. The van der Waals surface area contributed by atoms with Crippen molar-refractivity contribution in [3.8, 4) is 0 Å². The highest BCUT2D eigenvalue weighted by atomic mass is 19.1. The van der Waals surface area contributed by atoms with Crippen molar-refractivity contribution in [2.45, 2.75) is 39.8 Å². The van der Waals surface area contributed by atoms with Gasteiger partial charge < -0.3 is 19.7 Å². The first-order valence-corrected chi connectivity index (χ1v) is 11.7. The Morgan fingerprint density at radius 3 is 2.65 bits per heavy atom. The number of fused-ring (bicyclic) bond motifs is 1. The summed E-state index contributed by atoms with van der Waals surface area (Å²) in [7, 11) is 0. The maximum Gasteiger partial charge on any atom is 0.322 e. The third kappa shape index (κ3) is 4.98. The summed E-state index contributed by atoms with van der Waals surface area (Å²) < 4.78 is 16.2. The van der Waals surface area contributed by atoms with Crippen molar-refractivity contribution in [2.24, 2.45) is 0 Å². The summed E-state index contributed by atoms with van der Waals surface area (Å²) in [6.07, 6.45) is 2.70. The van der Waals surface area contributed by atoms with Crippen molar-refractivity contribution in [1.29, 1.82) is 0 Å². The second kappa shape index (κ2) is 10.1. The van der Waals surface area contributed by atoms with Gasteiger partial charge in [-0.3, -0.25) is 4.79 Å². The molecule has 178 valence electrons. The molecule has 1 aromatic heterocycles. The van der Waals surface area contributed by atoms with Gasteiger partial charge in [0.05, 0.1) is 6.04 Å². The van der Waals surface area contributed by atoms with Crippen molar-refractivity contribution in [3.05, 3.63) is 89.0 Å². The van der Waals surface area contributed by atoms with Gasteiger partial charge in [0.2, 0.25) is 5.91 Å². The molecule has 0 spiro atoms. The number of nitrogens with one attached hydrogen (secondary N) is 1. The highest BCUT2D eigenvalue weighted by Crippen LogP contribution is 2.33. The van der Waals surface area contributed by atoms with Gasteiger partial charge in [0.1, 0.15) is 12.4 Å². The molecule has 0 fully saturated rings. The molecule has 0 radical (unpaired) electrons. The normalized spacial score (nSPS) is 15.1. The van der Waals surface area contributed by atoms with E-state index in [0.29, 0.717) is 19.6 Å². The fourth-order valence-electron chi connectivity index (χ4n) is 4.60. The van der Waals surface area contributed by atoms with Crippen molar-refractivity contribution >= 4 is 17.6 Å². The monoisotopic (exact) mass is 462 g/mol. The summed E-state index contributed by atoms with van der Waals surface area (Å²) in [5.41, 5.74) is 4.48. The molecule has 0 bridgehead atoms. The van der Waals surface area contributed by atoms with E-state index in [0.717, 1.165) is 34.5 Å². The van der Waals surface area contributed by atoms with Crippen LogP contribution in [0.1, 0.15) is 41.8 Å². The first kappa shape index (κ1) is 23.5. The van der Waals surface area contributed by atoms with Crippen LogP contribution >= 0.6 is 0 Å². The van der Waals surface area contributed by atoms with E-state index in [4.69, 9.17) is 0 Å². The summed E-state index contributed by atoms with van der Waals surface area (Å²) in [5, 5.41) is 2.96. The van der Waals surface area contributed by atoms with Gasteiger partial charge in [-0.2, -0.15) is 0 Å². The number of aromatic nitrogens is 1. The molecule has 3 aromatic rings. The van der Waals surface area contributed by atoms with Crippen molar-refractivity contribution < 1.29 is 14.0 Å². The molecule has 1 aliphatic heterocycles. The van der Waals surface area contributed by atoms with Crippen LogP contribution in [0, 0.1) is 19.7 Å². The molecule has 3 amide bonds. The summed E-state index contributed by atoms with van der Waals surface area (Å²) >= 11 is 0. The van der Waals surface area contributed by atoms with Gasteiger partial charge in [0, 0.05) is 37.2 Å². The molecule has 1 atom stereocenters. The third-order valence-electron chi connectivity index (χ3n) is 6.25. The Kier molecular flexibility index (Phi) is 7.01. The predicted molar refractivity (Wildman–Crippen MR) is 131 cm³/mol. The van der Waals surface area contributed by atoms with Gasteiger partial charge in [0.15, 0.2) is 0 Å². The minimum atomic E-state index is -0.405. The number of amides is 3. The number of aryl methyl sites for hydroxylation is 2. The standard InChI is InChI=1S/C27H31FN4O2/c1-4-12-31(27(34)29-23-11-10-19(2)16-20(23)3)18-25(33)32-15-14-30-13-6-9-24(30)26(32)21-7-5-8-22(28)17-21/h5-11,13,16-17,26H,4,12,14-15,18H2,1-3H3,(H,29,34)/t26-/m1/s1. The van der Waals surface area contributed by atoms with Crippen LogP contribution in [0.4, 0.5) is 14.9 Å². The smallest absolute Gasteiger partial charge is 0.322 e. The number of anilines is 1. The van der Waals surface area contributed by atoms with Gasteiger partial charge in [0.25, 0.3) is 0 Å². The lowest BCUT2D eigenvalue weighted by atomic mass is 9.99. The van der Waals surface area contributed by atoms with Crippen molar-refractivity contribution in [1.82, 2.24) is 14.4 Å². The Labute approximate surface area is 200 Å². The summed E-state index contributed by atoms with van der Waals surface area (Å²) in [5.74, 6) is -0.500. The highest BCUT2D eigenvalue weighted by Gasteiger charge is 2.33. The van der Waals surface area contributed by atoms with Gasteiger partial charge in [-0.15, -0.1) is 0 Å². The van der Waals surface area contributed by atoms with E-state index in [1.165, 1.54) is 12.1 Å². The number of hydrogen-bond donors (Lipinski definition) is 1. The van der Waals surface area contributed by atoms with Crippen LogP contribution in [-0.2, 0) is 11.3 Å². The molecule has 2 heterocycles. The molecule has 7 heteroatoms. The zero-order valence-electron chi connectivity index (χ0n) is 19.9. The highest BCUT2D eigenvalue weighted by molar-refractivity contribution is 5.93. The Bertz CT molecular complexity index is 1190. The van der Waals surface area contributed by atoms with Crippen LogP contribution in [-0.4, -0.2) is 45.9 Å². The average Bonchev–Trinajstić information content (AvgIpc) is 3.28. The number of rotatable bonds is 6. The Hall–Kier alpha value is -3.61. The molecule has 2 aromatic carbocycles. The van der Waals surface area contributed by atoms with E-state index in [1.54, 1.807) is 15.9 Å². The van der Waals surface area contributed by atoms with E-state index in [1.807, 2.05) is 63.4 Å². The number of carbonyl (C=O) groups excluding carboxylic acids is 2. The zero-order chi connectivity index (χ0) is 24.2. The minimum absolute atomic E-state index is 0.0445. The summed E-state index contributed by atoms with van der Waals surface area (Å²) in [6.45, 7) is 7.48. The van der Waals surface area contributed by atoms with E-state index in [9.17, 15) is 14.0 Å². The number of carbonyl (C=O) groups is 2. The Balaban J connectivity index is 1.56. The van der Waals surface area contributed by atoms with Crippen molar-refractivity contribution in [3.63, 3.8) is 0 Å². The molecular weight excluding hydrogens is 431 g/mol. The Morgan fingerprint density at radius 2 is 1.91 bits per heavy atom. The quantitative estimate of drug-likeness (QED) is 0.553. The third-order valence-corrected chi connectivity index (χ3v) is 6.25. The van der Waals surface area contributed by atoms with Gasteiger partial charge >= 0.3 is 6.03 Å². The maximum absolute atomic E-state index is 14.1. The van der Waals surface area contributed by atoms with Crippen LogP contribution in [0.3, 0.4) is 0 Å². The van der Waals surface area contributed by atoms with Crippen LogP contribution in [0.5, 0.6) is 0 Å². The Morgan fingerprint density at radius 1 is 1.09 bits per heavy atom. The lowest BCUT2D eigenvalue weighted by Crippen LogP contribution is -2.49. The SMILES string of the molecule is CCCN(CC(=O)N1CCn2cccc2[C@H]1c1cccc(F)c1)C(=O)Nc1ccc(C)cc1C. The van der Waals surface area contributed by atoms with Gasteiger partial charge in [-0.25, -0.2) is 9.18 Å². The number of hydrogen-bond acceptors (Lipinski definition) is 2. The second-order valence-corrected chi connectivity index (χ2v) is 8.84. The maximum atomic E-state index is 14.1. The lowest BCUT2D eigenvalue weighted by molar-refractivity contribution is -0.134. The molecular formula is C27H31FN4O2. The number of halogens is 1. The molecule has 0 saturated carbocycles. The van der Waals surface area contributed by atoms with Crippen LogP contribution < -0.4 is 5.32 Å². The molecule has 6 nitrogen and oxygen atoms in total. The van der Waals surface area contributed by atoms with Crippen LogP contribution in [0.15, 0.2) is 60.8 Å². The number of benzene rings is 2. The fourth-order valence-corrected chi connectivity index (χ4v) is 4.60. The molecule has 0 aliphatic carbocycles. The predicted octanol–water partition coefficient (Wildman–Crippen LogP) is 5.12. The van der Waals surface area contributed by atoms with Crippen LogP contribution in [0.25, 0.3) is 0 Å². The van der Waals surface area contributed by atoms with E-state index >= 15 is 0 Å². The van der Waals surface area contributed by atoms with Gasteiger partial charge in [-0.05, 0) is 61.7 Å². The fraction of sp³-hybridized carbons (Fsp3) is 0.333. The van der Waals surface area contributed by atoms with E-state index in [2.05, 4.69) is 9.88 Å². The van der Waals surface area contributed by atoms with Crippen LogP contribution in [0.2, 0.25) is 0 Å². The van der Waals surface area contributed by atoms with E-state index < -0.39 is 6.04 Å². The van der Waals surface area contributed by atoms with Gasteiger partial charge in [-0.1, -0.05) is 36.8 Å². The topological polar surface area (TPSA) is 57.6 Å². The first-order valence-electron chi connectivity index (χ1n) is 11.7. The minimum Gasteiger partial charge on any atom is -0.348 e. The molecule has 1 N–H and O–H groups in total. The summed E-state index contributed by atoms with van der Waals surface area (Å²) in [6, 6.07) is 15.4. The molecule has 4 rings (SSSR count). The molecule has 1 aliphatic rings. The number of urea groups is 1. The molecule has 0 saturated heterocycles. The molecule has 34 heavy (non-hydrogen) atoms. The average molecular weight is 463 g/mol. The molecule has 0 unspecified atom stereocenters. The second-order valence-electron chi connectivity index (χ2n) is 8.84. The largest absolute Gasteiger partial charge is 0.348 e.